The van der Waals surface area contributed by atoms with E-state index in [0.29, 0.717) is 48.8 Å². The number of pyridine rings is 1. The summed E-state index contributed by atoms with van der Waals surface area (Å²) in [7, 11) is 4.79. The summed E-state index contributed by atoms with van der Waals surface area (Å²) in [6.45, 7) is 6.57. The zero-order valence-electron chi connectivity index (χ0n) is 19.6. The van der Waals surface area contributed by atoms with E-state index in [2.05, 4.69) is 22.5 Å². The summed E-state index contributed by atoms with van der Waals surface area (Å²) in [4.78, 5) is 9.05. The molecule has 2 aromatic rings. The molecule has 0 aliphatic heterocycles. The number of aromatic nitrogens is 1. The van der Waals surface area contributed by atoms with Crippen LogP contribution in [0.4, 0.5) is 0 Å². The number of aliphatic imine (C=N–C) groups is 1. The first-order chi connectivity index (χ1) is 15.2. The van der Waals surface area contributed by atoms with Crippen LogP contribution >= 0.6 is 24.0 Å². The number of unbranched alkanes of at least 4 members (excludes halogenated alkanes) is 1. The van der Waals surface area contributed by atoms with Crippen LogP contribution in [-0.2, 0) is 13.1 Å². The molecule has 0 amide bonds. The minimum Gasteiger partial charge on any atom is -0.493 e. The molecule has 1 heterocycles. The molecular weight excluding hydrogens is 523 g/mol. The van der Waals surface area contributed by atoms with Crippen molar-refractivity contribution in [3.05, 3.63) is 41.6 Å². The molecule has 32 heavy (non-hydrogen) atoms. The molecule has 0 saturated carbocycles. The van der Waals surface area contributed by atoms with Crippen molar-refractivity contribution in [2.75, 3.05) is 34.5 Å². The summed E-state index contributed by atoms with van der Waals surface area (Å²) >= 11 is 0. The molecule has 2 rings (SSSR count). The maximum absolute atomic E-state index is 5.82. The number of rotatable bonds is 12. The molecule has 0 radical (unpaired) electrons. The van der Waals surface area contributed by atoms with Crippen LogP contribution in [0.15, 0.2) is 35.5 Å². The highest BCUT2D eigenvalue weighted by Crippen LogP contribution is 2.38. The first-order valence-electron chi connectivity index (χ1n) is 10.5. The minimum absolute atomic E-state index is 0. The van der Waals surface area contributed by atoms with Gasteiger partial charge in [0.05, 0.1) is 34.5 Å². The number of nitrogens with zero attached hydrogens (tertiary/aromatic N) is 2. The maximum Gasteiger partial charge on any atom is 0.218 e. The van der Waals surface area contributed by atoms with E-state index in [9.17, 15) is 0 Å². The molecule has 2 N–H and O–H groups in total. The second-order valence-corrected chi connectivity index (χ2v) is 6.75. The lowest BCUT2D eigenvalue weighted by Gasteiger charge is -2.15. The van der Waals surface area contributed by atoms with Gasteiger partial charge in [0, 0.05) is 24.8 Å². The zero-order chi connectivity index (χ0) is 22.5. The summed E-state index contributed by atoms with van der Waals surface area (Å²) in [5.74, 6) is 3.13. The third-order valence-corrected chi connectivity index (χ3v) is 4.52. The van der Waals surface area contributed by atoms with Crippen LogP contribution in [0.1, 0.15) is 37.8 Å². The van der Waals surface area contributed by atoms with Crippen molar-refractivity contribution in [3.8, 4) is 23.1 Å². The van der Waals surface area contributed by atoms with Gasteiger partial charge in [0.25, 0.3) is 0 Å². The molecular formula is C23H35IN4O4. The van der Waals surface area contributed by atoms with E-state index in [1.807, 2.05) is 31.2 Å². The van der Waals surface area contributed by atoms with Crippen LogP contribution in [-0.4, -0.2) is 45.4 Å². The number of halogens is 1. The second-order valence-electron chi connectivity index (χ2n) is 6.75. The molecule has 0 atom stereocenters. The third kappa shape index (κ3) is 8.25. The Hall–Kier alpha value is -2.43. The highest BCUT2D eigenvalue weighted by molar-refractivity contribution is 14.0. The van der Waals surface area contributed by atoms with E-state index in [4.69, 9.17) is 23.9 Å². The Kier molecular flexibility index (Phi) is 13.3. The lowest BCUT2D eigenvalue weighted by molar-refractivity contribution is 0.294. The van der Waals surface area contributed by atoms with Gasteiger partial charge >= 0.3 is 0 Å². The standard InChI is InChI=1S/C23H34N4O4.HI/c1-6-8-12-31-22-18(10-9-11-25-22)16-27-23(24-7-2)26-15-17-13-19(28-3)21(30-5)20(14-17)29-4;/h9-11,13-14H,6-8,12,15-16H2,1-5H3,(H2,24,26,27);1H. The molecule has 0 aliphatic carbocycles. The average Bonchev–Trinajstić information content (AvgIpc) is 2.80. The molecule has 0 fully saturated rings. The predicted octanol–water partition coefficient (Wildman–Crippen LogP) is 4.16. The Morgan fingerprint density at radius 2 is 1.75 bits per heavy atom. The van der Waals surface area contributed by atoms with E-state index in [1.54, 1.807) is 27.5 Å². The minimum atomic E-state index is 0. The van der Waals surface area contributed by atoms with Gasteiger partial charge in [0.2, 0.25) is 11.6 Å². The molecule has 1 aromatic carbocycles. The van der Waals surface area contributed by atoms with Crippen molar-refractivity contribution in [3.63, 3.8) is 0 Å². The summed E-state index contributed by atoms with van der Waals surface area (Å²) in [6, 6.07) is 7.71. The number of ether oxygens (including phenoxy) is 4. The number of guanidine groups is 1. The van der Waals surface area contributed by atoms with E-state index in [0.717, 1.165) is 30.5 Å². The topological polar surface area (TPSA) is 86.2 Å². The van der Waals surface area contributed by atoms with Gasteiger partial charge in [-0.2, -0.15) is 0 Å². The van der Waals surface area contributed by atoms with E-state index >= 15 is 0 Å². The summed E-state index contributed by atoms with van der Waals surface area (Å²) in [5, 5.41) is 6.61. The van der Waals surface area contributed by atoms with Gasteiger partial charge in [-0.05, 0) is 37.1 Å². The highest BCUT2D eigenvalue weighted by atomic mass is 127. The molecule has 1 aromatic heterocycles. The molecule has 0 saturated heterocycles. The fourth-order valence-electron chi connectivity index (χ4n) is 2.92. The fraction of sp³-hybridized carbons (Fsp3) is 0.478. The van der Waals surface area contributed by atoms with Gasteiger partial charge in [-0.25, -0.2) is 9.98 Å². The number of benzene rings is 1. The largest absolute Gasteiger partial charge is 0.493 e. The molecule has 0 aliphatic rings. The second kappa shape index (κ2) is 15.4. The Morgan fingerprint density at radius 1 is 1.03 bits per heavy atom. The maximum atomic E-state index is 5.82. The van der Waals surface area contributed by atoms with Gasteiger partial charge in [-0.1, -0.05) is 19.4 Å². The molecule has 9 heteroatoms. The molecule has 0 spiro atoms. The lowest BCUT2D eigenvalue weighted by Crippen LogP contribution is -2.36. The highest BCUT2D eigenvalue weighted by Gasteiger charge is 2.13. The van der Waals surface area contributed by atoms with Crippen LogP contribution in [0, 0.1) is 0 Å². The van der Waals surface area contributed by atoms with Crippen LogP contribution < -0.4 is 29.6 Å². The summed E-state index contributed by atoms with van der Waals surface area (Å²) in [5.41, 5.74) is 1.92. The third-order valence-electron chi connectivity index (χ3n) is 4.52. The molecule has 178 valence electrons. The number of hydrogen-bond acceptors (Lipinski definition) is 6. The molecule has 8 nitrogen and oxygen atoms in total. The van der Waals surface area contributed by atoms with Crippen molar-refractivity contribution in [1.82, 2.24) is 15.6 Å². The van der Waals surface area contributed by atoms with Gasteiger partial charge in [0.1, 0.15) is 0 Å². The van der Waals surface area contributed by atoms with E-state index in [1.165, 1.54) is 0 Å². The molecule has 0 bridgehead atoms. The van der Waals surface area contributed by atoms with Crippen molar-refractivity contribution in [2.45, 2.75) is 39.8 Å². The van der Waals surface area contributed by atoms with E-state index in [-0.39, 0.29) is 24.0 Å². The Labute approximate surface area is 208 Å². The summed E-state index contributed by atoms with van der Waals surface area (Å²) < 4.78 is 22.1. The Balaban J connectivity index is 0.00000512. The first-order valence-corrected chi connectivity index (χ1v) is 10.5. The predicted molar refractivity (Wildman–Crippen MR) is 138 cm³/mol. The first kappa shape index (κ1) is 27.6. The van der Waals surface area contributed by atoms with Crippen molar-refractivity contribution in [1.29, 1.82) is 0 Å². The number of nitrogens with one attached hydrogen (secondary N) is 2. The number of methoxy groups -OCH3 is 3. The van der Waals surface area contributed by atoms with Gasteiger partial charge in [-0.3, -0.25) is 0 Å². The molecule has 0 unspecified atom stereocenters. The Bertz CT molecular complexity index is 823. The average molecular weight is 558 g/mol. The van der Waals surface area contributed by atoms with Gasteiger partial charge < -0.3 is 29.6 Å². The van der Waals surface area contributed by atoms with Crippen molar-refractivity contribution >= 4 is 29.9 Å². The quantitative estimate of drug-likeness (QED) is 0.175. The number of hydrogen-bond donors (Lipinski definition) is 2. The SMILES string of the molecule is CCCCOc1ncccc1CNC(=NCc1cc(OC)c(OC)c(OC)c1)NCC.I. The zero-order valence-corrected chi connectivity index (χ0v) is 21.9. The van der Waals surface area contributed by atoms with Crippen LogP contribution in [0.5, 0.6) is 23.1 Å². The van der Waals surface area contributed by atoms with Crippen molar-refractivity contribution < 1.29 is 18.9 Å². The lowest BCUT2D eigenvalue weighted by atomic mass is 10.2. The van der Waals surface area contributed by atoms with E-state index < -0.39 is 0 Å². The van der Waals surface area contributed by atoms with Crippen LogP contribution in [0.3, 0.4) is 0 Å². The smallest absolute Gasteiger partial charge is 0.218 e. The van der Waals surface area contributed by atoms with Gasteiger partial charge in [0.15, 0.2) is 17.5 Å². The van der Waals surface area contributed by atoms with Crippen molar-refractivity contribution in [2.24, 2.45) is 4.99 Å². The van der Waals surface area contributed by atoms with Crippen LogP contribution in [0.2, 0.25) is 0 Å². The van der Waals surface area contributed by atoms with Gasteiger partial charge in [-0.15, -0.1) is 24.0 Å². The Morgan fingerprint density at radius 3 is 2.34 bits per heavy atom. The monoisotopic (exact) mass is 558 g/mol. The summed E-state index contributed by atoms with van der Waals surface area (Å²) in [6.07, 6.45) is 3.83. The van der Waals surface area contributed by atoms with Crippen LogP contribution in [0.25, 0.3) is 0 Å². The normalized spacial score (nSPS) is 10.7. The fourth-order valence-corrected chi connectivity index (χ4v) is 2.92.